The third-order valence-corrected chi connectivity index (χ3v) is 4.76. The smallest absolute Gasteiger partial charge is 0.338 e. The zero-order valence-electron chi connectivity index (χ0n) is 17.2. The van der Waals surface area contributed by atoms with Gasteiger partial charge in [0.05, 0.1) is 5.56 Å². The molecule has 0 atom stereocenters. The van der Waals surface area contributed by atoms with E-state index in [1.54, 1.807) is 36.2 Å². The molecule has 3 rings (SSSR count). The number of esters is 1. The highest BCUT2D eigenvalue weighted by Gasteiger charge is 2.14. The van der Waals surface area contributed by atoms with Crippen LogP contribution < -0.4 is 4.74 Å². The summed E-state index contributed by atoms with van der Waals surface area (Å²) in [5.74, 6) is -0.138. The highest BCUT2D eigenvalue weighted by molar-refractivity contribution is 5.91. The lowest BCUT2D eigenvalue weighted by Crippen LogP contribution is -2.31. The number of rotatable bonds is 8. The first-order valence-electron chi connectivity index (χ1n) is 9.75. The summed E-state index contributed by atoms with van der Waals surface area (Å²) in [4.78, 5) is 26.1. The molecule has 0 saturated heterocycles. The maximum absolute atomic E-state index is 12.3. The SMILES string of the molecule is Cc1ccccc1CN(C)C(=O)COC(=O)c1ccc(OCc2ccccc2)cc1. The zero-order chi connectivity index (χ0) is 21.3. The number of hydrogen-bond acceptors (Lipinski definition) is 4. The quantitative estimate of drug-likeness (QED) is 0.524. The molecule has 0 saturated carbocycles. The van der Waals surface area contributed by atoms with E-state index in [0.29, 0.717) is 24.5 Å². The maximum atomic E-state index is 12.3. The minimum absolute atomic E-state index is 0.255. The van der Waals surface area contributed by atoms with Crippen molar-refractivity contribution in [3.8, 4) is 5.75 Å². The molecule has 0 spiro atoms. The summed E-state index contributed by atoms with van der Waals surface area (Å²) in [6.45, 7) is 2.62. The second-order valence-electron chi connectivity index (χ2n) is 7.05. The third-order valence-electron chi connectivity index (χ3n) is 4.76. The molecule has 0 aromatic heterocycles. The van der Waals surface area contributed by atoms with Crippen LogP contribution in [0.5, 0.6) is 5.75 Å². The minimum atomic E-state index is -0.540. The minimum Gasteiger partial charge on any atom is -0.489 e. The predicted molar refractivity (Wildman–Crippen MR) is 115 cm³/mol. The van der Waals surface area contributed by atoms with Gasteiger partial charge in [0.2, 0.25) is 0 Å². The summed E-state index contributed by atoms with van der Waals surface area (Å²) in [5.41, 5.74) is 3.61. The molecule has 0 bridgehead atoms. The van der Waals surface area contributed by atoms with E-state index >= 15 is 0 Å². The summed E-state index contributed by atoms with van der Waals surface area (Å²) in [7, 11) is 1.70. The number of ether oxygens (including phenoxy) is 2. The van der Waals surface area contributed by atoms with E-state index < -0.39 is 5.97 Å². The van der Waals surface area contributed by atoms with Crippen LogP contribution in [0, 0.1) is 6.92 Å². The van der Waals surface area contributed by atoms with Crippen molar-refractivity contribution >= 4 is 11.9 Å². The van der Waals surface area contributed by atoms with E-state index in [-0.39, 0.29) is 12.5 Å². The van der Waals surface area contributed by atoms with Gasteiger partial charge >= 0.3 is 5.97 Å². The molecule has 0 aliphatic carbocycles. The van der Waals surface area contributed by atoms with E-state index in [2.05, 4.69) is 0 Å². The van der Waals surface area contributed by atoms with Crippen LogP contribution in [-0.2, 0) is 22.7 Å². The largest absolute Gasteiger partial charge is 0.489 e. The molecule has 0 aliphatic heterocycles. The van der Waals surface area contributed by atoms with Gasteiger partial charge in [0, 0.05) is 13.6 Å². The number of likely N-dealkylation sites (N-methyl/N-ethyl adjacent to an activating group) is 1. The fourth-order valence-electron chi connectivity index (χ4n) is 2.88. The Hall–Kier alpha value is -3.60. The van der Waals surface area contributed by atoms with E-state index in [4.69, 9.17) is 9.47 Å². The van der Waals surface area contributed by atoms with Gasteiger partial charge in [-0.1, -0.05) is 54.6 Å². The standard InChI is InChI=1S/C25H25NO4/c1-19-8-6-7-11-22(19)16-26(2)24(27)18-30-25(28)21-12-14-23(15-13-21)29-17-20-9-4-3-5-10-20/h3-15H,16-18H2,1-2H3. The molecule has 5 heteroatoms. The van der Waals surface area contributed by atoms with Crippen LogP contribution in [0.3, 0.4) is 0 Å². The number of benzene rings is 3. The average Bonchev–Trinajstić information content (AvgIpc) is 2.78. The summed E-state index contributed by atoms with van der Waals surface area (Å²) >= 11 is 0. The van der Waals surface area contributed by atoms with Crippen molar-refractivity contribution < 1.29 is 19.1 Å². The number of amides is 1. The van der Waals surface area contributed by atoms with Crippen molar-refractivity contribution in [1.29, 1.82) is 0 Å². The topological polar surface area (TPSA) is 55.8 Å². The Morgan fingerprint density at radius 3 is 2.23 bits per heavy atom. The first kappa shape index (κ1) is 21.1. The van der Waals surface area contributed by atoms with Gasteiger partial charge < -0.3 is 14.4 Å². The van der Waals surface area contributed by atoms with Gasteiger partial charge in [-0.3, -0.25) is 4.79 Å². The molecule has 3 aromatic rings. The van der Waals surface area contributed by atoms with Gasteiger partial charge in [-0.2, -0.15) is 0 Å². The lowest BCUT2D eigenvalue weighted by Gasteiger charge is -2.18. The van der Waals surface area contributed by atoms with Crippen LogP contribution in [0.1, 0.15) is 27.0 Å². The average molecular weight is 403 g/mol. The van der Waals surface area contributed by atoms with Crippen molar-refractivity contribution in [2.24, 2.45) is 0 Å². The molecule has 1 amide bonds. The van der Waals surface area contributed by atoms with Crippen LogP contribution in [0.25, 0.3) is 0 Å². The van der Waals surface area contributed by atoms with Crippen LogP contribution in [0.2, 0.25) is 0 Å². The fraction of sp³-hybridized carbons (Fsp3) is 0.200. The second kappa shape index (κ2) is 10.3. The van der Waals surface area contributed by atoms with Crippen molar-refractivity contribution in [3.63, 3.8) is 0 Å². The first-order valence-corrected chi connectivity index (χ1v) is 9.75. The molecule has 0 unspecified atom stereocenters. The monoisotopic (exact) mass is 403 g/mol. The van der Waals surface area contributed by atoms with E-state index in [0.717, 1.165) is 16.7 Å². The van der Waals surface area contributed by atoms with Gasteiger partial charge in [0.1, 0.15) is 12.4 Å². The number of carbonyl (C=O) groups excluding carboxylic acids is 2. The van der Waals surface area contributed by atoms with Gasteiger partial charge in [-0.05, 0) is 47.9 Å². The summed E-state index contributed by atoms with van der Waals surface area (Å²) in [6.07, 6.45) is 0. The van der Waals surface area contributed by atoms with E-state index in [1.165, 1.54) is 0 Å². The van der Waals surface area contributed by atoms with Crippen LogP contribution in [0.4, 0.5) is 0 Å². The number of nitrogens with zero attached hydrogens (tertiary/aromatic N) is 1. The second-order valence-corrected chi connectivity index (χ2v) is 7.05. The molecule has 30 heavy (non-hydrogen) atoms. The Balaban J connectivity index is 1.47. The Morgan fingerprint density at radius 2 is 1.53 bits per heavy atom. The zero-order valence-corrected chi connectivity index (χ0v) is 17.2. The Bertz CT molecular complexity index is 984. The fourth-order valence-corrected chi connectivity index (χ4v) is 2.88. The van der Waals surface area contributed by atoms with Crippen molar-refractivity contribution in [3.05, 3.63) is 101 Å². The highest BCUT2D eigenvalue weighted by atomic mass is 16.5. The normalized spacial score (nSPS) is 10.3. The first-order chi connectivity index (χ1) is 14.5. The van der Waals surface area contributed by atoms with Gasteiger partial charge in [0.15, 0.2) is 6.61 Å². The molecule has 0 radical (unpaired) electrons. The highest BCUT2D eigenvalue weighted by Crippen LogP contribution is 2.15. The molecular weight excluding hydrogens is 378 g/mol. The Morgan fingerprint density at radius 1 is 0.867 bits per heavy atom. The van der Waals surface area contributed by atoms with E-state index in [9.17, 15) is 9.59 Å². The molecule has 5 nitrogen and oxygen atoms in total. The lowest BCUT2D eigenvalue weighted by molar-refractivity contribution is -0.133. The third kappa shape index (κ3) is 5.95. The van der Waals surface area contributed by atoms with E-state index in [1.807, 2.05) is 61.5 Å². The molecule has 0 fully saturated rings. The number of hydrogen-bond donors (Lipinski definition) is 0. The van der Waals surface area contributed by atoms with Crippen molar-refractivity contribution in [2.45, 2.75) is 20.1 Å². The molecule has 0 heterocycles. The van der Waals surface area contributed by atoms with Gasteiger partial charge in [-0.25, -0.2) is 4.79 Å². The predicted octanol–water partition coefficient (Wildman–Crippen LogP) is 4.39. The van der Waals surface area contributed by atoms with Crippen LogP contribution >= 0.6 is 0 Å². The van der Waals surface area contributed by atoms with Gasteiger partial charge in [-0.15, -0.1) is 0 Å². The van der Waals surface area contributed by atoms with Crippen molar-refractivity contribution in [1.82, 2.24) is 4.90 Å². The van der Waals surface area contributed by atoms with Crippen molar-refractivity contribution in [2.75, 3.05) is 13.7 Å². The molecule has 0 aliphatic rings. The molecular formula is C25H25NO4. The van der Waals surface area contributed by atoms with Crippen LogP contribution in [0.15, 0.2) is 78.9 Å². The summed E-state index contributed by atoms with van der Waals surface area (Å²) in [5, 5.41) is 0. The lowest BCUT2D eigenvalue weighted by atomic mass is 10.1. The molecule has 3 aromatic carbocycles. The summed E-state index contributed by atoms with van der Waals surface area (Å²) in [6, 6.07) is 24.4. The van der Waals surface area contributed by atoms with Crippen LogP contribution in [-0.4, -0.2) is 30.4 Å². The molecule has 154 valence electrons. The number of aryl methyl sites for hydroxylation is 1. The Kier molecular flexibility index (Phi) is 7.22. The number of carbonyl (C=O) groups is 2. The molecule has 0 N–H and O–H groups in total. The maximum Gasteiger partial charge on any atom is 0.338 e. The summed E-state index contributed by atoms with van der Waals surface area (Å²) < 4.78 is 10.9. The Labute approximate surface area is 176 Å². The van der Waals surface area contributed by atoms with Gasteiger partial charge in [0.25, 0.3) is 5.91 Å².